The molecule has 128 valence electrons. The van der Waals surface area contributed by atoms with Crippen LogP contribution in [0.4, 0.5) is 0 Å². The summed E-state index contributed by atoms with van der Waals surface area (Å²) in [7, 11) is 0. The van der Waals surface area contributed by atoms with Gasteiger partial charge < -0.3 is 4.57 Å². The minimum atomic E-state index is 0.0704. The zero-order valence-corrected chi connectivity index (χ0v) is 15.0. The maximum Gasteiger partial charge on any atom is 0.169 e. The molecule has 0 saturated heterocycles. The van der Waals surface area contributed by atoms with Gasteiger partial charge in [0.2, 0.25) is 0 Å². The summed E-state index contributed by atoms with van der Waals surface area (Å²) in [5.41, 5.74) is 3.50. The van der Waals surface area contributed by atoms with E-state index in [2.05, 4.69) is 47.0 Å². The molecule has 1 aliphatic carbocycles. The first-order valence-electron chi connectivity index (χ1n) is 9.00. The van der Waals surface area contributed by atoms with E-state index < -0.39 is 0 Å². The van der Waals surface area contributed by atoms with Gasteiger partial charge in [-0.15, -0.1) is 0 Å². The molecule has 3 nitrogen and oxygen atoms in total. The zero-order valence-electron chi connectivity index (χ0n) is 14.2. The van der Waals surface area contributed by atoms with Crippen LogP contribution in [0.25, 0.3) is 11.0 Å². The molecule has 4 rings (SSSR count). The van der Waals surface area contributed by atoms with E-state index in [1.165, 1.54) is 5.56 Å². The largest absolute Gasteiger partial charge is 0.319 e. The number of aryl methyl sites for hydroxylation is 2. The molecule has 0 unspecified atom stereocenters. The number of ketones is 1. The third-order valence-corrected chi connectivity index (χ3v) is 6.14. The Balaban J connectivity index is 1.62. The normalized spacial score (nSPS) is 17.9. The molecule has 1 heterocycles. The summed E-state index contributed by atoms with van der Waals surface area (Å²) in [4.78, 5) is 17.1. The van der Waals surface area contributed by atoms with E-state index in [1.807, 2.05) is 12.1 Å². The third kappa shape index (κ3) is 3.64. The first-order valence-corrected chi connectivity index (χ1v) is 9.88. The number of benzene rings is 2. The van der Waals surface area contributed by atoms with Crippen molar-refractivity contribution >= 4 is 28.6 Å². The molecular weight excluding hydrogens is 328 g/mol. The average Bonchev–Trinajstić information content (AvgIpc) is 3.00. The quantitative estimate of drug-likeness (QED) is 0.657. The molecule has 0 spiro atoms. The molecule has 1 atom stereocenters. The highest BCUT2D eigenvalue weighted by atomic mass is 32.2. The lowest BCUT2D eigenvalue weighted by atomic mass is 9.99. The second kappa shape index (κ2) is 7.44. The molecule has 1 aromatic heterocycles. The van der Waals surface area contributed by atoms with Crippen molar-refractivity contribution in [3.05, 3.63) is 60.2 Å². The Morgan fingerprint density at radius 2 is 1.84 bits per heavy atom. The molecule has 2 aromatic carbocycles. The zero-order chi connectivity index (χ0) is 17.1. The van der Waals surface area contributed by atoms with Crippen LogP contribution in [0.2, 0.25) is 0 Å². The Bertz CT molecular complexity index is 872. The van der Waals surface area contributed by atoms with E-state index >= 15 is 0 Å². The summed E-state index contributed by atoms with van der Waals surface area (Å²) in [6.07, 6.45) is 4.86. The van der Waals surface area contributed by atoms with Gasteiger partial charge in [-0.2, -0.15) is 0 Å². The molecule has 25 heavy (non-hydrogen) atoms. The molecule has 3 aromatic rings. The Hall–Kier alpha value is -2.07. The second-order valence-corrected chi connectivity index (χ2v) is 7.76. The van der Waals surface area contributed by atoms with Gasteiger partial charge in [0.15, 0.2) is 5.16 Å². The Kier molecular flexibility index (Phi) is 4.88. The highest BCUT2D eigenvalue weighted by molar-refractivity contribution is 8.00. The number of Topliss-reactive ketones (excluding diaryl/α,β-unsaturated/α-hetero) is 1. The lowest BCUT2D eigenvalue weighted by molar-refractivity contribution is -0.119. The van der Waals surface area contributed by atoms with Crippen molar-refractivity contribution < 1.29 is 4.79 Å². The van der Waals surface area contributed by atoms with Gasteiger partial charge in [0.1, 0.15) is 5.78 Å². The van der Waals surface area contributed by atoms with Crippen LogP contribution in [0.1, 0.15) is 31.2 Å². The monoisotopic (exact) mass is 350 g/mol. The third-order valence-electron chi connectivity index (χ3n) is 4.83. The minimum Gasteiger partial charge on any atom is -0.319 e. The van der Waals surface area contributed by atoms with Crippen molar-refractivity contribution in [3.63, 3.8) is 0 Å². The molecule has 4 heteroatoms. The van der Waals surface area contributed by atoms with Gasteiger partial charge in [-0.05, 0) is 37.0 Å². The van der Waals surface area contributed by atoms with Crippen LogP contribution in [-0.4, -0.2) is 20.6 Å². The molecule has 0 bridgehead atoms. The fourth-order valence-corrected chi connectivity index (χ4v) is 4.70. The maximum absolute atomic E-state index is 12.2. The Morgan fingerprint density at radius 1 is 1.04 bits per heavy atom. The number of carbonyl (C=O) groups excluding carboxylic acids is 1. The minimum absolute atomic E-state index is 0.0704. The molecule has 1 aliphatic rings. The summed E-state index contributed by atoms with van der Waals surface area (Å²) in [5.74, 6) is 0.387. The number of fused-ring (bicyclic) bond motifs is 1. The number of hydrogen-bond acceptors (Lipinski definition) is 3. The van der Waals surface area contributed by atoms with Gasteiger partial charge in [0, 0.05) is 13.0 Å². The predicted molar refractivity (Wildman–Crippen MR) is 103 cm³/mol. The Labute approximate surface area is 152 Å². The highest BCUT2D eigenvalue weighted by Gasteiger charge is 2.25. The summed E-state index contributed by atoms with van der Waals surface area (Å²) < 4.78 is 2.29. The highest BCUT2D eigenvalue weighted by Crippen LogP contribution is 2.33. The summed E-state index contributed by atoms with van der Waals surface area (Å²) in [5, 5.41) is 1.05. The first-order chi connectivity index (χ1) is 12.3. The van der Waals surface area contributed by atoms with Crippen molar-refractivity contribution in [1.82, 2.24) is 9.55 Å². The number of aromatic nitrogens is 2. The predicted octanol–water partition coefficient (Wildman–Crippen LogP) is 4.88. The van der Waals surface area contributed by atoms with Crippen LogP contribution in [0.5, 0.6) is 0 Å². The number of thioether (sulfide) groups is 1. The second-order valence-electron chi connectivity index (χ2n) is 6.59. The summed E-state index contributed by atoms with van der Waals surface area (Å²) in [6, 6.07) is 18.8. The van der Waals surface area contributed by atoms with Crippen LogP contribution >= 0.6 is 11.8 Å². The summed E-state index contributed by atoms with van der Waals surface area (Å²) in [6.45, 7) is 0.883. The number of imidazole rings is 1. The lowest BCUT2D eigenvalue weighted by Crippen LogP contribution is -2.22. The topological polar surface area (TPSA) is 34.9 Å². The summed E-state index contributed by atoms with van der Waals surface area (Å²) >= 11 is 1.66. The van der Waals surface area contributed by atoms with Crippen molar-refractivity contribution in [3.8, 4) is 0 Å². The molecule has 1 saturated carbocycles. The maximum atomic E-state index is 12.2. The van der Waals surface area contributed by atoms with Gasteiger partial charge >= 0.3 is 0 Å². The van der Waals surface area contributed by atoms with Crippen molar-refractivity contribution in [2.75, 3.05) is 0 Å². The van der Waals surface area contributed by atoms with Gasteiger partial charge in [-0.25, -0.2) is 4.98 Å². The lowest BCUT2D eigenvalue weighted by Gasteiger charge is -2.20. The van der Waals surface area contributed by atoms with Crippen LogP contribution in [0.3, 0.4) is 0 Å². The van der Waals surface area contributed by atoms with Crippen LogP contribution in [0.15, 0.2) is 59.8 Å². The first kappa shape index (κ1) is 16.4. The van der Waals surface area contributed by atoms with E-state index in [0.717, 1.165) is 54.8 Å². The smallest absolute Gasteiger partial charge is 0.169 e. The van der Waals surface area contributed by atoms with Crippen molar-refractivity contribution in [2.45, 2.75) is 49.1 Å². The molecule has 0 N–H and O–H groups in total. The fraction of sp³-hybridized carbons (Fsp3) is 0.333. The van der Waals surface area contributed by atoms with E-state index in [9.17, 15) is 4.79 Å². The Morgan fingerprint density at radius 3 is 2.68 bits per heavy atom. The molecule has 0 aliphatic heterocycles. The number of para-hydroxylation sites is 2. The standard InChI is InChI=1S/C21H22N2OS/c24-19-12-6-7-13-20(19)25-21-22-17-10-4-5-11-18(17)23(21)15-14-16-8-2-1-3-9-16/h1-5,8-11,20H,6-7,12-15H2/t20-/m0/s1. The van der Waals surface area contributed by atoms with E-state index in [4.69, 9.17) is 4.98 Å². The molecule has 0 amide bonds. The molecule has 1 fully saturated rings. The fourth-order valence-electron chi connectivity index (χ4n) is 3.45. The molecular formula is C21H22N2OS. The van der Waals surface area contributed by atoms with Crippen LogP contribution in [0, 0.1) is 0 Å². The SMILES string of the molecule is O=C1CCCC[C@@H]1Sc1nc2ccccc2n1CCc1ccccc1. The average molecular weight is 350 g/mol. The van der Waals surface area contributed by atoms with Gasteiger partial charge in [-0.3, -0.25) is 4.79 Å². The van der Waals surface area contributed by atoms with Gasteiger partial charge in [0.25, 0.3) is 0 Å². The number of rotatable bonds is 5. The number of carbonyl (C=O) groups is 1. The van der Waals surface area contributed by atoms with Crippen molar-refractivity contribution in [2.24, 2.45) is 0 Å². The number of hydrogen-bond donors (Lipinski definition) is 0. The van der Waals surface area contributed by atoms with Crippen molar-refractivity contribution in [1.29, 1.82) is 0 Å². The number of nitrogens with zero attached hydrogens (tertiary/aromatic N) is 2. The van der Waals surface area contributed by atoms with Crippen LogP contribution in [-0.2, 0) is 17.8 Å². The van der Waals surface area contributed by atoms with E-state index in [0.29, 0.717) is 5.78 Å². The molecule has 0 radical (unpaired) electrons. The van der Waals surface area contributed by atoms with Gasteiger partial charge in [-0.1, -0.05) is 60.6 Å². The van der Waals surface area contributed by atoms with Gasteiger partial charge in [0.05, 0.1) is 16.3 Å². The van der Waals surface area contributed by atoms with E-state index in [1.54, 1.807) is 11.8 Å². The van der Waals surface area contributed by atoms with E-state index in [-0.39, 0.29) is 5.25 Å². The van der Waals surface area contributed by atoms with Crippen LogP contribution < -0.4 is 0 Å².